The first-order valence-corrected chi connectivity index (χ1v) is 9.90. The molecule has 1 heterocycles. The molecule has 0 atom stereocenters. The SMILES string of the molecule is CC(=O)c1cc(F)ccc1OCc1csc(N(C(C)=O)c2ccc(C)cc2C)n1. The fourth-order valence-electron chi connectivity index (χ4n) is 2.98. The number of halogens is 1. The number of ether oxygens (including phenoxy) is 1. The summed E-state index contributed by atoms with van der Waals surface area (Å²) in [5.74, 6) is -0.623. The number of hydrogen-bond donors (Lipinski definition) is 0. The normalized spacial score (nSPS) is 10.7. The molecule has 0 unspecified atom stereocenters. The molecule has 5 nitrogen and oxygen atoms in total. The summed E-state index contributed by atoms with van der Waals surface area (Å²) < 4.78 is 19.1. The summed E-state index contributed by atoms with van der Waals surface area (Å²) in [6.07, 6.45) is 0. The van der Waals surface area contributed by atoms with Crippen molar-refractivity contribution in [1.29, 1.82) is 0 Å². The first-order chi connectivity index (χ1) is 13.8. The Morgan fingerprint density at radius 2 is 1.90 bits per heavy atom. The van der Waals surface area contributed by atoms with Gasteiger partial charge in [-0.15, -0.1) is 11.3 Å². The summed E-state index contributed by atoms with van der Waals surface area (Å²) in [6, 6.07) is 9.69. The first-order valence-electron chi connectivity index (χ1n) is 9.02. The zero-order valence-electron chi connectivity index (χ0n) is 16.7. The fourth-order valence-corrected chi connectivity index (χ4v) is 3.85. The highest BCUT2D eigenvalue weighted by molar-refractivity contribution is 7.14. The van der Waals surface area contributed by atoms with Gasteiger partial charge in [0.05, 0.1) is 16.9 Å². The van der Waals surface area contributed by atoms with Crippen LogP contribution in [0.15, 0.2) is 41.8 Å². The Labute approximate surface area is 172 Å². The van der Waals surface area contributed by atoms with Gasteiger partial charge < -0.3 is 4.74 Å². The molecule has 0 aliphatic rings. The third-order valence-electron chi connectivity index (χ3n) is 4.34. The number of nitrogens with zero attached hydrogens (tertiary/aromatic N) is 2. The molecule has 0 spiro atoms. The van der Waals surface area contributed by atoms with E-state index in [2.05, 4.69) is 4.98 Å². The minimum absolute atomic E-state index is 0.0983. The number of thiazole rings is 1. The van der Waals surface area contributed by atoms with Gasteiger partial charge in [-0.05, 0) is 50.6 Å². The Morgan fingerprint density at radius 1 is 1.14 bits per heavy atom. The minimum atomic E-state index is -0.496. The van der Waals surface area contributed by atoms with Crippen molar-refractivity contribution in [3.8, 4) is 5.75 Å². The number of hydrogen-bond acceptors (Lipinski definition) is 5. The molecule has 7 heteroatoms. The average Bonchev–Trinajstić information content (AvgIpc) is 3.10. The first kappa shape index (κ1) is 20.7. The van der Waals surface area contributed by atoms with Crippen molar-refractivity contribution in [3.05, 3.63) is 70.0 Å². The summed E-state index contributed by atoms with van der Waals surface area (Å²) >= 11 is 1.33. The van der Waals surface area contributed by atoms with Crippen LogP contribution >= 0.6 is 11.3 Å². The third kappa shape index (κ3) is 4.68. The zero-order chi connectivity index (χ0) is 21.1. The second-order valence-electron chi connectivity index (χ2n) is 6.75. The monoisotopic (exact) mass is 412 g/mol. The quantitative estimate of drug-likeness (QED) is 0.511. The molecule has 29 heavy (non-hydrogen) atoms. The Hall–Kier alpha value is -3.06. The second kappa shape index (κ2) is 8.53. The molecule has 0 bridgehead atoms. The molecule has 150 valence electrons. The molecule has 1 aromatic heterocycles. The van der Waals surface area contributed by atoms with Crippen molar-refractivity contribution in [2.45, 2.75) is 34.3 Å². The van der Waals surface area contributed by atoms with E-state index < -0.39 is 5.82 Å². The second-order valence-corrected chi connectivity index (χ2v) is 7.59. The van der Waals surface area contributed by atoms with E-state index >= 15 is 0 Å². The molecular weight excluding hydrogens is 391 g/mol. The molecule has 1 amide bonds. The Morgan fingerprint density at radius 3 is 2.55 bits per heavy atom. The van der Waals surface area contributed by atoms with Crippen molar-refractivity contribution in [1.82, 2.24) is 4.98 Å². The summed E-state index contributed by atoms with van der Waals surface area (Å²) in [7, 11) is 0. The van der Waals surface area contributed by atoms with Gasteiger partial charge in [0.2, 0.25) is 5.91 Å². The number of amides is 1. The number of anilines is 2. The lowest BCUT2D eigenvalue weighted by Gasteiger charge is -2.20. The molecule has 2 aromatic carbocycles. The molecule has 0 radical (unpaired) electrons. The molecule has 3 aromatic rings. The summed E-state index contributed by atoms with van der Waals surface area (Å²) in [6.45, 7) is 6.90. The van der Waals surface area contributed by atoms with Crippen LogP contribution in [0.5, 0.6) is 5.75 Å². The van der Waals surface area contributed by atoms with Crippen LogP contribution in [0.1, 0.15) is 41.0 Å². The summed E-state index contributed by atoms with van der Waals surface area (Å²) in [5, 5.41) is 2.33. The van der Waals surface area contributed by atoms with Crippen LogP contribution in [0, 0.1) is 19.7 Å². The van der Waals surface area contributed by atoms with E-state index in [1.54, 1.807) is 10.3 Å². The number of aromatic nitrogens is 1. The highest BCUT2D eigenvalue weighted by atomic mass is 32.1. The molecule has 0 saturated carbocycles. The summed E-state index contributed by atoms with van der Waals surface area (Å²) in [4.78, 5) is 30.1. The maximum atomic E-state index is 13.4. The van der Waals surface area contributed by atoms with Crippen LogP contribution in [0.4, 0.5) is 15.2 Å². The van der Waals surface area contributed by atoms with Gasteiger partial charge in [0.15, 0.2) is 10.9 Å². The standard InChI is InChI=1S/C22H21FN2O3S/c1-13-5-7-20(14(2)9-13)25(16(4)27)22-24-18(12-29-22)11-28-21-8-6-17(23)10-19(21)15(3)26/h5-10,12H,11H2,1-4H3. The largest absolute Gasteiger partial charge is 0.487 e. The number of Topliss-reactive ketones (excluding diaryl/α,β-unsaturated/α-hetero) is 1. The van der Waals surface area contributed by atoms with Gasteiger partial charge in [-0.25, -0.2) is 9.37 Å². The third-order valence-corrected chi connectivity index (χ3v) is 5.21. The molecule has 0 fully saturated rings. The predicted octanol–water partition coefficient (Wildman–Crippen LogP) is 5.37. The van der Waals surface area contributed by atoms with Crippen molar-refractivity contribution in [2.24, 2.45) is 0 Å². The van der Waals surface area contributed by atoms with Crippen LogP contribution < -0.4 is 9.64 Å². The average molecular weight is 412 g/mol. The number of benzene rings is 2. The highest BCUT2D eigenvalue weighted by Gasteiger charge is 2.20. The Bertz CT molecular complexity index is 1080. The van der Waals surface area contributed by atoms with Crippen molar-refractivity contribution in [2.75, 3.05) is 4.90 Å². The van der Waals surface area contributed by atoms with E-state index in [1.165, 1.54) is 37.3 Å². The maximum absolute atomic E-state index is 13.4. The maximum Gasteiger partial charge on any atom is 0.230 e. The van der Waals surface area contributed by atoms with Crippen molar-refractivity contribution >= 4 is 33.8 Å². The smallest absolute Gasteiger partial charge is 0.230 e. The van der Waals surface area contributed by atoms with E-state index in [1.807, 2.05) is 32.0 Å². The van der Waals surface area contributed by atoms with Gasteiger partial charge in [0.1, 0.15) is 18.2 Å². The van der Waals surface area contributed by atoms with Crippen LogP contribution in [0.2, 0.25) is 0 Å². The van der Waals surface area contributed by atoms with Crippen LogP contribution in [0.25, 0.3) is 0 Å². The number of ketones is 1. The number of carbonyl (C=O) groups excluding carboxylic acids is 2. The molecular formula is C22H21FN2O3S. The van der Waals surface area contributed by atoms with E-state index in [0.29, 0.717) is 16.6 Å². The predicted molar refractivity (Wildman–Crippen MR) is 112 cm³/mol. The lowest BCUT2D eigenvalue weighted by molar-refractivity contribution is -0.115. The molecule has 0 aliphatic heterocycles. The Balaban J connectivity index is 1.83. The van der Waals surface area contributed by atoms with Gasteiger partial charge in [-0.2, -0.15) is 0 Å². The van der Waals surface area contributed by atoms with E-state index in [0.717, 1.165) is 22.9 Å². The van der Waals surface area contributed by atoms with Gasteiger partial charge in [0.25, 0.3) is 0 Å². The molecule has 0 saturated heterocycles. The minimum Gasteiger partial charge on any atom is -0.487 e. The lowest BCUT2D eigenvalue weighted by atomic mass is 10.1. The number of aryl methyl sites for hydroxylation is 2. The number of carbonyl (C=O) groups is 2. The molecule has 0 N–H and O–H groups in total. The van der Waals surface area contributed by atoms with Crippen molar-refractivity contribution < 1.29 is 18.7 Å². The van der Waals surface area contributed by atoms with E-state index in [4.69, 9.17) is 4.74 Å². The lowest BCUT2D eigenvalue weighted by Crippen LogP contribution is -2.23. The van der Waals surface area contributed by atoms with Crippen LogP contribution in [-0.2, 0) is 11.4 Å². The van der Waals surface area contributed by atoms with Gasteiger partial charge in [-0.1, -0.05) is 17.7 Å². The summed E-state index contributed by atoms with van der Waals surface area (Å²) in [5.41, 5.74) is 3.66. The molecule has 3 rings (SSSR count). The van der Waals surface area contributed by atoms with E-state index in [-0.39, 0.29) is 23.9 Å². The van der Waals surface area contributed by atoms with Gasteiger partial charge in [0, 0.05) is 12.3 Å². The highest BCUT2D eigenvalue weighted by Crippen LogP contribution is 2.32. The van der Waals surface area contributed by atoms with Crippen LogP contribution in [0.3, 0.4) is 0 Å². The molecule has 0 aliphatic carbocycles. The Kier molecular flexibility index (Phi) is 6.08. The van der Waals surface area contributed by atoms with Crippen molar-refractivity contribution in [3.63, 3.8) is 0 Å². The van der Waals surface area contributed by atoms with Gasteiger partial charge >= 0.3 is 0 Å². The fraction of sp³-hybridized carbons (Fsp3) is 0.227. The van der Waals surface area contributed by atoms with Gasteiger partial charge in [-0.3, -0.25) is 14.5 Å². The zero-order valence-corrected chi connectivity index (χ0v) is 17.5. The van der Waals surface area contributed by atoms with Crippen LogP contribution in [-0.4, -0.2) is 16.7 Å². The number of rotatable bonds is 6. The topological polar surface area (TPSA) is 59.5 Å². The van der Waals surface area contributed by atoms with E-state index in [9.17, 15) is 14.0 Å².